The first-order valence-electron chi connectivity index (χ1n) is 4.99. The molecule has 0 saturated heterocycles. The van der Waals surface area contributed by atoms with Gasteiger partial charge >= 0.3 is 0 Å². The van der Waals surface area contributed by atoms with Crippen LogP contribution in [0.25, 0.3) is 0 Å². The topological polar surface area (TPSA) is 87.7 Å². The van der Waals surface area contributed by atoms with Gasteiger partial charge in [-0.2, -0.15) is 0 Å². The Morgan fingerprint density at radius 3 is 2.50 bits per heavy atom. The summed E-state index contributed by atoms with van der Waals surface area (Å²) in [4.78, 5) is 21.6. The number of benzene rings is 1. The number of carboxylic acid groups (broad SMARTS) is 1. The zero-order chi connectivity index (χ0) is 13.5. The van der Waals surface area contributed by atoms with Crippen LogP contribution >= 0.6 is 0 Å². The molecule has 1 N–H and O–H groups in total. The standard InChI is InChI=1S/C12H13NO5/c1-17-8-3-4-10(18-2)9(7-8)13-11(14)5-6-12(15)16/h3-7H,1-2H3,(H,13,14)(H,15,16)/p-1/b6-5-. The molecule has 0 unspecified atom stereocenters. The maximum absolute atomic E-state index is 11.4. The van der Waals surface area contributed by atoms with Gasteiger partial charge in [-0.1, -0.05) is 0 Å². The molecule has 96 valence electrons. The lowest BCUT2D eigenvalue weighted by Gasteiger charge is -2.10. The number of nitrogens with one attached hydrogen (secondary N) is 1. The second kappa shape index (κ2) is 6.29. The molecular weight excluding hydrogens is 238 g/mol. The molecule has 0 atom stereocenters. The van der Waals surface area contributed by atoms with E-state index in [-0.39, 0.29) is 0 Å². The summed E-state index contributed by atoms with van der Waals surface area (Å²) in [6.45, 7) is 0. The number of aliphatic carboxylic acids is 1. The first-order valence-corrected chi connectivity index (χ1v) is 4.99. The molecule has 0 fully saturated rings. The number of ether oxygens (including phenoxy) is 2. The lowest BCUT2D eigenvalue weighted by molar-refractivity contribution is -0.297. The van der Waals surface area contributed by atoms with Crippen molar-refractivity contribution < 1.29 is 24.2 Å². The predicted octanol–water partition coefficient (Wildman–Crippen LogP) is -0.0516. The Labute approximate surface area is 104 Å². The number of carbonyl (C=O) groups excluding carboxylic acids is 2. The highest BCUT2D eigenvalue weighted by molar-refractivity contribution is 6.02. The Morgan fingerprint density at radius 2 is 1.94 bits per heavy atom. The smallest absolute Gasteiger partial charge is 0.248 e. The van der Waals surface area contributed by atoms with Gasteiger partial charge in [-0.3, -0.25) is 4.79 Å². The molecule has 0 heterocycles. The summed E-state index contributed by atoms with van der Waals surface area (Å²) in [6.07, 6.45) is 1.50. The Bertz CT molecular complexity index is 481. The van der Waals surface area contributed by atoms with Crippen molar-refractivity contribution in [2.24, 2.45) is 0 Å². The van der Waals surface area contributed by atoms with E-state index in [9.17, 15) is 14.7 Å². The number of carbonyl (C=O) groups is 2. The van der Waals surface area contributed by atoms with E-state index in [0.717, 1.165) is 6.08 Å². The van der Waals surface area contributed by atoms with Gasteiger partial charge in [0.05, 0.1) is 25.9 Å². The van der Waals surface area contributed by atoms with Gasteiger partial charge < -0.3 is 24.7 Å². The number of carboxylic acids is 1. The molecule has 1 rings (SSSR count). The van der Waals surface area contributed by atoms with Crippen LogP contribution in [0.1, 0.15) is 0 Å². The molecular formula is C12H12NO5-. The van der Waals surface area contributed by atoms with Crippen LogP contribution in [-0.4, -0.2) is 26.1 Å². The van der Waals surface area contributed by atoms with Crippen LogP contribution < -0.4 is 19.9 Å². The molecule has 0 saturated carbocycles. The molecule has 6 nitrogen and oxygen atoms in total. The van der Waals surface area contributed by atoms with E-state index in [1.54, 1.807) is 18.2 Å². The Morgan fingerprint density at radius 1 is 1.22 bits per heavy atom. The third-order valence-corrected chi connectivity index (χ3v) is 2.04. The predicted molar refractivity (Wildman–Crippen MR) is 62.3 cm³/mol. The first-order chi connectivity index (χ1) is 8.56. The van der Waals surface area contributed by atoms with Crippen LogP contribution in [0.3, 0.4) is 0 Å². The number of methoxy groups -OCH3 is 2. The molecule has 1 aromatic rings. The molecule has 0 aliphatic carbocycles. The summed E-state index contributed by atoms with van der Waals surface area (Å²) in [5.41, 5.74) is 0.379. The van der Waals surface area contributed by atoms with Gasteiger partial charge in [0.25, 0.3) is 0 Å². The highest BCUT2D eigenvalue weighted by Gasteiger charge is 2.06. The van der Waals surface area contributed by atoms with Crippen LogP contribution in [-0.2, 0) is 9.59 Å². The van der Waals surface area contributed by atoms with Crippen LogP contribution in [0.4, 0.5) is 5.69 Å². The minimum atomic E-state index is -1.44. The van der Waals surface area contributed by atoms with Gasteiger partial charge in [-0.05, 0) is 18.2 Å². The van der Waals surface area contributed by atoms with E-state index >= 15 is 0 Å². The van der Waals surface area contributed by atoms with Crippen molar-refractivity contribution in [3.63, 3.8) is 0 Å². The van der Waals surface area contributed by atoms with Crippen LogP contribution in [0.5, 0.6) is 11.5 Å². The maximum atomic E-state index is 11.4. The molecule has 0 aromatic heterocycles. The number of amides is 1. The molecule has 0 spiro atoms. The zero-order valence-corrected chi connectivity index (χ0v) is 9.93. The van der Waals surface area contributed by atoms with E-state index < -0.39 is 11.9 Å². The van der Waals surface area contributed by atoms with Gasteiger partial charge in [-0.25, -0.2) is 0 Å². The lowest BCUT2D eigenvalue weighted by atomic mass is 10.2. The number of anilines is 1. The van der Waals surface area contributed by atoms with Crippen LogP contribution in [0.2, 0.25) is 0 Å². The number of hydrogen-bond acceptors (Lipinski definition) is 5. The van der Waals surface area contributed by atoms with Crippen molar-refractivity contribution in [3.05, 3.63) is 30.4 Å². The highest BCUT2D eigenvalue weighted by atomic mass is 16.5. The van der Waals surface area contributed by atoms with E-state index in [0.29, 0.717) is 23.3 Å². The third-order valence-electron chi connectivity index (χ3n) is 2.04. The van der Waals surface area contributed by atoms with Crippen molar-refractivity contribution >= 4 is 17.6 Å². The van der Waals surface area contributed by atoms with Gasteiger partial charge in [0, 0.05) is 12.1 Å². The van der Waals surface area contributed by atoms with Crippen molar-refractivity contribution in [1.29, 1.82) is 0 Å². The van der Waals surface area contributed by atoms with Crippen molar-refractivity contribution in [3.8, 4) is 11.5 Å². The van der Waals surface area contributed by atoms with Crippen molar-refractivity contribution in [1.82, 2.24) is 0 Å². The maximum Gasteiger partial charge on any atom is 0.248 e. The normalized spacial score (nSPS) is 10.1. The van der Waals surface area contributed by atoms with E-state index in [1.807, 2.05) is 0 Å². The average molecular weight is 250 g/mol. The summed E-state index contributed by atoms with van der Waals surface area (Å²) < 4.78 is 10.1. The third kappa shape index (κ3) is 3.82. The highest BCUT2D eigenvalue weighted by Crippen LogP contribution is 2.28. The summed E-state index contributed by atoms with van der Waals surface area (Å²) in [7, 11) is 2.94. The van der Waals surface area contributed by atoms with E-state index in [1.165, 1.54) is 14.2 Å². The van der Waals surface area contributed by atoms with Crippen LogP contribution in [0, 0.1) is 0 Å². The Hall–Kier alpha value is -2.50. The summed E-state index contributed by atoms with van der Waals surface area (Å²) in [6, 6.07) is 4.85. The molecule has 1 aromatic carbocycles. The number of rotatable bonds is 5. The van der Waals surface area contributed by atoms with Gasteiger partial charge in [0.2, 0.25) is 5.91 Å². The quantitative estimate of drug-likeness (QED) is 0.740. The SMILES string of the molecule is COc1ccc(OC)c(NC(=O)/C=C\C(=O)[O-])c1. The fourth-order valence-corrected chi connectivity index (χ4v) is 1.23. The fraction of sp³-hybridized carbons (Fsp3) is 0.167. The summed E-state index contributed by atoms with van der Waals surface area (Å²) >= 11 is 0. The largest absolute Gasteiger partial charge is 0.545 e. The monoisotopic (exact) mass is 250 g/mol. The second-order valence-corrected chi connectivity index (χ2v) is 3.21. The summed E-state index contributed by atoms with van der Waals surface area (Å²) in [5.74, 6) is -1.07. The minimum Gasteiger partial charge on any atom is -0.545 e. The van der Waals surface area contributed by atoms with Crippen molar-refractivity contribution in [2.45, 2.75) is 0 Å². The lowest BCUT2D eigenvalue weighted by Crippen LogP contribution is -2.20. The van der Waals surface area contributed by atoms with E-state index in [4.69, 9.17) is 9.47 Å². The van der Waals surface area contributed by atoms with Crippen molar-refractivity contribution in [2.75, 3.05) is 19.5 Å². The molecule has 18 heavy (non-hydrogen) atoms. The summed E-state index contributed by atoms with van der Waals surface area (Å²) in [5, 5.41) is 12.6. The molecule has 6 heteroatoms. The molecule has 0 radical (unpaired) electrons. The second-order valence-electron chi connectivity index (χ2n) is 3.21. The zero-order valence-electron chi connectivity index (χ0n) is 9.93. The van der Waals surface area contributed by atoms with Gasteiger partial charge in [0.15, 0.2) is 0 Å². The Balaban J connectivity index is 2.88. The van der Waals surface area contributed by atoms with Gasteiger partial charge in [-0.15, -0.1) is 0 Å². The minimum absolute atomic E-state index is 0.379. The van der Waals surface area contributed by atoms with E-state index in [2.05, 4.69) is 5.32 Å². The fourth-order valence-electron chi connectivity index (χ4n) is 1.23. The molecule has 0 aliphatic rings. The molecule has 0 aliphatic heterocycles. The van der Waals surface area contributed by atoms with Gasteiger partial charge in [0.1, 0.15) is 11.5 Å². The average Bonchev–Trinajstić information content (AvgIpc) is 2.36. The Kier molecular flexibility index (Phi) is 4.74. The molecule has 0 bridgehead atoms. The number of hydrogen-bond donors (Lipinski definition) is 1. The molecule has 1 amide bonds. The van der Waals surface area contributed by atoms with Crippen LogP contribution in [0.15, 0.2) is 30.4 Å². The first kappa shape index (κ1) is 13.6.